The van der Waals surface area contributed by atoms with Gasteiger partial charge in [0.15, 0.2) is 0 Å². The molecule has 0 radical (unpaired) electrons. The van der Waals surface area contributed by atoms with Crippen LogP contribution in [-0.2, 0) is 0 Å². The second kappa shape index (κ2) is 8.13. The molecule has 1 rings (SSSR count). The van der Waals surface area contributed by atoms with Crippen molar-refractivity contribution in [2.75, 3.05) is 0 Å². The average Bonchev–Trinajstić information content (AvgIpc) is 2.28. The molecule has 0 aromatic rings. The third-order valence-corrected chi connectivity index (χ3v) is 4.42. The summed E-state index contributed by atoms with van der Waals surface area (Å²) >= 11 is 0. The Kier molecular flexibility index (Phi) is 7.18. The van der Waals surface area contributed by atoms with Gasteiger partial charge in [0.1, 0.15) is 0 Å². The molecule has 17 heavy (non-hydrogen) atoms. The van der Waals surface area contributed by atoms with Gasteiger partial charge in [0.05, 0.1) is 0 Å². The van der Waals surface area contributed by atoms with Gasteiger partial charge in [-0.1, -0.05) is 46.5 Å². The van der Waals surface area contributed by atoms with E-state index in [0.29, 0.717) is 6.04 Å². The van der Waals surface area contributed by atoms with Crippen LogP contribution in [0.3, 0.4) is 0 Å². The van der Waals surface area contributed by atoms with Crippen LogP contribution in [0.25, 0.3) is 0 Å². The molecule has 4 unspecified atom stereocenters. The lowest BCUT2D eigenvalue weighted by Gasteiger charge is -2.35. The monoisotopic (exact) mass is 239 g/mol. The molecule has 0 aliphatic heterocycles. The average molecular weight is 239 g/mol. The molecule has 0 saturated heterocycles. The Bertz CT molecular complexity index is 190. The summed E-state index contributed by atoms with van der Waals surface area (Å²) in [5.74, 6) is 1.82. The van der Waals surface area contributed by atoms with Crippen LogP contribution >= 0.6 is 0 Å². The lowest BCUT2D eigenvalue weighted by molar-refractivity contribution is 0.213. The molecule has 1 saturated carbocycles. The van der Waals surface area contributed by atoms with Crippen LogP contribution in [0, 0.1) is 11.8 Å². The molecule has 0 bridgehead atoms. The van der Waals surface area contributed by atoms with Gasteiger partial charge < -0.3 is 5.32 Å². The molecule has 102 valence electrons. The summed E-state index contributed by atoms with van der Waals surface area (Å²) in [4.78, 5) is 0. The van der Waals surface area contributed by atoms with E-state index in [4.69, 9.17) is 0 Å². The first-order chi connectivity index (χ1) is 8.13. The Morgan fingerprint density at radius 2 is 1.88 bits per heavy atom. The van der Waals surface area contributed by atoms with Crippen molar-refractivity contribution in [3.05, 3.63) is 0 Å². The van der Waals surface area contributed by atoms with Crippen LogP contribution in [0.4, 0.5) is 0 Å². The van der Waals surface area contributed by atoms with Crippen molar-refractivity contribution in [1.29, 1.82) is 0 Å². The highest BCUT2D eigenvalue weighted by Gasteiger charge is 2.25. The molecule has 1 fully saturated rings. The second-order valence-corrected chi connectivity index (χ2v) is 6.42. The first-order valence-corrected chi connectivity index (χ1v) is 7.89. The number of hydrogen-bond acceptors (Lipinski definition) is 1. The summed E-state index contributed by atoms with van der Waals surface area (Å²) in [6.07, 6.45) is 11.2. The van der Waals surface area contributed by atoms with Crippen molar-refractivity contribution < 1.29 is 0 Å². The van der Waals surface area contributed by atoms with Crippen molar-refractivity contribution in [2.24, 2.45) is 11.8 Å². The minimum absolute atomic E-state index is 0.715. The Labute approximate surface area is 109 Å². The number of unbranched alkanes of at least 4 members (excludes halogenated alkanes) is 3. The normalized spacial score (nSPS) is 31.4. The minimum Gasteiger partial charge on any atom is -0.311 e. The topological polar surface area (TPSA) is 12.0 Å². The van der Waals surface area contributed by atoms with Crippen LogP contribution < -0.4 is 5.32 Å². The van der Waals surface area contributed by atoms with E-state index in [0.717, 1.165) is 17.9 Å². The van der Waals surface area contributed by atoms with Gasteiger partial charge in [-0.15, -0.1) is 0 Å². The van der Waals surface area contributed by atoms with E-state index in [2.05, 4.69) is 33.0 Å². The van der Waals surface area contributed by atoms with Gasteiger partial charge in [-0.2, -0.15) is 0 Å². The third-order valence-electron chi connectivity index (χ3n) is 4.42. The first kappa shape index (κ1) is 15.0. The fourth-order valence-electron chi connectivity index (χ4n) is 3.24. The van der Waals surface area contributed by atoms with Gasteiger partial charge in [-0.25, -0.2) is 0 Å². The van der Waals surface area contributed by atoms with E-state index in [9.17, 15) is 0 Å². The van der Waals surface area contributed by atoms with E-state index in [1.54, 1.807) is 0 Å². The van der Waals surface area contributed by atoms with E-state index < -0.39 is 0 Å². The molecule has 1 nitrogen and oxygen atoms in total. The molecule has 0 aromatic carbocycles. The van der Waals surface area contributed by atoms with Crippen LogP contribution in [0.1, 0.15) is 79.1 Å². The SMILES string of the molecule is CCCCCCC(C)NC1CCC(C)CC1C. The smallest absolute Gasteiger partial charge is 0.00953 e. The van der Waals surface area contributed by atoms with Gasteiger partial charge in [0.2, 0.25) is 0 Å². The van der Waals surface area contributed by atoms with E-state index in [-0.39, 0.29) is 0 Å². The van der Waals surface area contributed by atoms with Gasteiger partial charge in [0.25, 0.3) is 0 Å². The maximum Gasteiger partial charge on any atom is 0.00953 e. The number of rotatable bonds is 7. The van der Waals surface area contributed by atoms with Crippen molar-refractivity contribution in [3.63, 3.8) is 0 Å². The quantitative estimate of drug-likeness (QED) is 0.632. The van der Waals surface area contributed by atoms with Gasteiger partial charge in [0, 0.05) is 12.1 Å². The molecule has 0 spiro atoms. The summed E-state index contributed by atoms with van der Waals surface area (Å²) in [6.45, 7) is 9.49. The summed E-state index contributed by atoms with van der Waals surface area (Å²) in [5.41, 5.74) is 0. The summed E-state index contributed by atoms with van der Waals surface area (Å²) in [6, 6.07) is 1.50. The maximum absolute atomic E-state index is 3.87. The molecule has 0 amide bonds. The van der Waals surface area contributed by atoms with E-state index in [1.165, 1.54) is 51.4 Å². The zero-order valence-electron chi connectivity index (χ0n) is 12.5. The van der Waals surface area contributed by atoms with E-state index >= 15 is 0 Å². The fourth-order valence-corrected chi connectivity index (χ4v) is 3.24. The van der Waals surface area contributed by atoms with E-state index in [1.807, 2.05) is 0 Å². The Hall–Kier alpha value is -0.0400. The molecule has 1 heteroatoms. The predicted octanol–water partition coefficient (Wildman–Crippen LogP) is 4.76. The predicted molar refractivity (Wildman–Crippen MR) is 77.3 cm³/mol. The molecule has 1 aliphatic carbocycles. The van der Waals surface area contributed by atoms with Crippen LogP contribution in [-0.4, -0.2) is 12.1 Å². The number of nitrogens with one attached hydrogen (secondary N) is 1. The minimum atomic E-state index is 0.715. The first-order valence-electron chi connectivity index (χ1n) is 7.89. The van der Waals surface area contributed by atoms with Crippen LogP contribution in [0.15, 0.2) is 0 Å². The Morgan fingerprint density at radius 3 is 2.53 bits per heavy atom. The summed E-state index contributed by atoms with van der Waals surface area (Å²) in [5, 5.41) is 3.87. The zero-order valence-corrected chi connectivity index (χ0v) is 12.5. The van der Waals surface area contributed by atoms with Gasteiger partial charge >= 0.3 is 0 Å². The highest BCUT2D eigenvalue weighted by molar-refractivity contribution is 4.82. The summed E-state index contributed by atoms with van der Waals surface area (Å²) in [7, 11) is 0. The lowest BCUT2D eigenvalue weighted by Crippen LogP contribution is -2.43. The highest BCUT2D eigenvalue weighted by atomic mass is 14.9. The van der Waals surface area contributed by atoms with Crippen LogP contribution in [0.2, 0.25) is 0 Å². The molecule has 0 aromatic heterocycles. The third kappa shape index (κ3) is 5.90. The molecule has 0 heterocycles. The maximum atomic E-state index is 3.87. The Balaban J connectivity index is 2.14. The van der Waals surface area contributed by atoms with Crippen molar-refractivity contribution >= 4 is 0 Å². The molecule has 1 N–H and O–H groups in total. The summed E-state index contributed by atoms with van der Waals surface area (Å²) < 4.78 is 0. The van der Waals surface area contributed by atoms with Crippen molar-refractivity contribution in [1.82, 2.24) is 5.32 Å². The molecular formula is C16H33N. The van der Waals surface area contributed by atoms with Gasteiger partial charge in [-0.05, 0) is 44.4 Å². The largest absolute Gasteiger partial charge is 0.311 e. The standard InChI is InChI=1S/C16H33N/c1-5-6-7-8-9-15(4)17-16-11-10-13(2)12-14(16)3/h13-17H,5-12H2,1-4H3. The highest BCUT2D eigenvalue weighted by Crippen LogP contribution is 2.29. The molecular weight excluding hydrogens is 206 g/mol. The molecule has 4 atom stereocenters. The van der Waals surface area contributed by atoms with Crippen molar-refractivity contribution in [3.8, 4) is 0 Å². The zero-order chi connectivity index (χ0) is 12.7. The van der Waals surface area contributed by atoms with Crippen LogP contribution in [0.5, 0.6) is 0 Å². The van der Waals surface area contributed by atoms with Crippen molar-refractivity contribution in [2.45, 2.75) is 91.1 Å². The lowest BCUT2D eigenvalue weighted by atomic mass is 9.79. The number of hydrogen-bond donors (Lipinski definition) is 1. The Morgan fingerprint density at radius 1 is 1.12 bits per heavy atom. The fraction of sp³-hybridized carbons (Fsp3) is 1.00. The molecule has 1 aliphatic rings. The second-order valence-electron chi connectivity index (χ2n) is 6.42. The van der Waals surface area contributed by atoms with Gasteiger partial charge in [-0.3, -0.25) is 0 Å².